The van der Waals surface area contributed by atoms with Gasteiger partial charge in [-0.25, -0.2) is 0 Å². The quantitative estimate of drug-likeness (QED) is 0.402. The van der Waals surface area contributed by atoms with E-state index in [0.29, 0.717) is 28.3 Å². The van der Waals surface area contributed by atoms with E-state index in [1.54, 1.807) is 24.3 Å². The monoisotopic (exact) mass is 608 g/mol. The van der Waals surface area contributed by atoms with Crippen LogP contribution < -0.4 is 0 Å². The molecule has 25 heavy (non-hydrogen) atoms. The first-order chi connectivity index (χ1) is 11.9. The second-order valence-electron chi connectivity index (χ2n) is 4.82. The molecule has 0 fully saturated rings. The Kier molecular flexibility index (Phi) is 6.09. The van der Waals surface area contributed by atoms with E-state index in [1.807, 2.05) is 12.1 Å². The minimum absolute atomic E-state index is 0.452. The third-order valence-electron chi connectivity index (χ3n) is 2.97. The van der Waals surface area contributed by atoms with Gasteiger partial charge in [0.25, 0.3) is 0 Å². The Morgan fingerprint density at radius 3 is 1.60 bits per heavy atom. The van der Waals surface area contributed by atoms with Crippen molar-refractivity contribution in [2.24, 2.45) is 0 Å². The Labute approximate surface area is 170 Å². The summed E-state index contributed by atoms with van der Waals surface area (Å²) in [5.41, 5.74) is 1.37. The molecule has 0 radical (unpaired) electrons. The van der Waals surface area contributed by atoms with Gasteiger partial charge in [-0.3, -0.25) is 0 Å². The molecule has 0 saturated heterocycles. The Balaban J connectivity index is 2.28. The summed E-state index contributed by atoms with van der Waals surface area (Å²) in [6.45, 7) is 2.64. The van der Waals surface area contributed by atoms with Gasteiger partial charge in [0.15, 0.2) is 0 Å². The van der Waals surface area contributed by atoms with Crippen molar-refractivity contribution in [1.82, 2.24) is 0 Å². The fourth-order valence-electron chi connectivity index (χ4n) is 2.15. The Morgan fingerprint density at radius 1 is 0.840 bits per heavy atom. The first kappa shape index (κ1) is 19.2. The molecule has 1 heterocycles. The minimum atomic E-state index is -2.89. The van der Waals surface area contributed by atoms with E-state index >= 15 is 0 Å². The second kappa shape index (κ2) is 7.95. The molecule has 2 aromatic carbocycles. The van der Waals surface area contributed by atoms with E-state index in [9.17, 15) is 9.59 Å². The van der Waals surface area contributed by atoms with Crippen LogP contribution in [0.25, 0.3) is 11.1 Å². The summed E-state index contributed by atoms with van der Waals surface area (Å²) in [5, 5.41) is 0.955. The molecule has 134 valence electrons. The third-order valence-corrected chi connectivity index (χ3v) is 14.0. The molecule has 0 unspecified atom stereocenters. The molecule has 9 heteroatoms. The van der Waals surface area contributed by atoms with Crippen LogP contribution in [-0.2, 0) is 17.1 Å². The van der Waals surface area contributed by atoms with Crippen LogP contribution in [0.3, 0.4) is 0 Å². The van der Waals surface area contributed by atoms with Gasteiger partial charge in [-0.1, -0.05) is 0 Å². The van der Waals surface area contributed by atoms with Crippen LogP contribution in [-0.4, -0.2) is 11.9 Å². The Bertz CT molecular complexity index is 789. The predicted octanol–water partition coefficient (Wildman–Crippen LogP) is 5.83. The maximum atomic E-state index is 11.6. The van der Waals surface area contributed by atoms with E-state index in [0.717, 1.165) is 0 Å². The summed E-state index contributed by atoms with van der Waals surface area (Å²) in [5.74, 6) is -0.904. The van der Waals surface area contributed by atoms with Gasteiger partial charge in [0.1, 0.15) is 0 Å². The van der Waals surface area contributed by atoms with E-state index in [4.69, 9.17) is 30.7 Å². The van der Waals surface area contributed by atoms with Crippen LogP contribution >= 0.6 is 64.5 Å². The fourth-order valence-corrected chi connectivity index (χ4v) is 13.5. The summed E-state index contributed by atoms with van der Waals surface area (Å²) in [6, 6.07) is 10.6. The van der Waals surface area contributed by atoms with Crippen LogP contribution in [0.1, 0.15) is 13.8 Å². The van der Waals surface area contributed by atoms with Crippen LogP contribution in [0.15, 0.2) is 36.4 Å². The number of benzene rings is 2. The van der Waals surface area contributed by atoms with Crippen molar-refractivity contribution in [1.29, 1.82) is 0 Å². The summed E-state index contributed by atoms with van der Waals surface area (Å²) in [4.78, 5) is 23.2. The van der Waals surface area contributed by atoms with Crippen molar-refractivity contribution >= 4 is 76.4 Å². The van der Waals surface area contributed by atoms with E-state index in [2.05, 4.69) is 0 Å². The topological polar surface area (TPSA) is 61.8 Å². The van der Waals surface area contributed by atoms with Gasteiger partial charge in [-0.15, -0.1) is 0 Å². The van der Waals surface area contributed by atoms with E-state index in [1.165, 1.54) is 13.8 Å². The summed E-state index contributed by atoms with van der Waals surface area (Å²) in [6.07, 6.45) is 0. The van der Waals surface area contributed by atoms with Crippen LogP contribution in [0, 0.1) is 7.14 Å². The molecule has 0 spiro atoms. The van der Waals surface area contributed by atoms with Gasteiger partial charge >= 0.3 is 172 Å². The molecular formula is C16H12Cl2I2O5. The van der Waals surface area contributed by atoms with Crippen molar-refractivity contribution in [2.75, 3.05) is 0 Å². The standard InChI is InChI=1S/C16H12Cl2I2O5/c1-9(21)23-19-13-7-3-5-11(17)15(13)16-12(18)6-4-8-14(16)20(25-19)24-10(2)22/h3-8H,1-2H3. The summed E-state index contributed by atoms with van der Waals surface area (Å²) >= 11 is 7.12. The molecule has 0 saturated carbocycles. The Morgan fingerprint density at radius 2 is 1.24 bits per heavy atom. The fraction of sp³-hybridized carbons (Fsp3) is 0.125. The van der Waals surface area contributed by atoms with Crippen LogP contribution in [0.4, 0.5) is 0 Å². The zero-order chi connectivity index (χ0) is 18.1. The number of hydrogen-bond acceptors (Lipinski definition) is 5. The second-order valence-corrected chi connectivity index (χ2v) is 13.9. The van der Waals surface area contributed by atoms with Crippen molar-refractivity contribution < 1.29 is 17.1 Å². The first-order valence-electron chi connectivity index (χ1n) is 6.93. The van der Waals surface area contributed by atoms with Gasteiger partial charge in [0.2, 0.25) is 0 Å². The SMILES string of the molecule is CC(=O)OI1OI(OC(C)=O)c2cccc(Cl)c2-c2c(Cl)cccc21. The number of carbonyl (C=O) groups excluding carboxylic acids is 2. The zero-order valence-corrected chi connectivity index (χ0v) is 18.8. The number of hydrogen-bond donors (Lipinski definition) is 0. The van der Waals surface area contributed by atoms with Crippen LogP contribution in [0.5, 0.6) is 0 Å². The maximum absolute atomic E-state index is 11.6. The third kappa shape index (κ3) is 4.05. The summed E-state index contributed by atoms with van der Waals surface area (Å²) < 4.78 is 18.5. The van der Waals surface area contributed by atoms with E-state index in [-0.39, 0.29) is 0 Å². The molecule has 0 aromatic heterocycles. The van der Waals surface area contributed by atoms with Crippen molar-refractivity contribution in [3.8, 4) is 11.1 Å². The molecule has 0 aliphatic carbocycles. The molecular weight excluding hydrogens is 597 g/mol. The van der Waals surface area contributed by atoms with Crippen molar-refractivity contribution in [3.05, 3.63) is 53.6 Å². The van der Waals surface area contributed by atoms with Crippen LogP contribution in [0.2, 0.25) is 10.0 Å². The van der Waals surface area contributed by atoms with Gasteiger partial charge in [-0.05, 0) is 0 Å². The molecule has 0 atom stereocenters. The number of halogens is 4. The molecule has 2 aromatic rings. The molecule has 1 aliphatic heterocycles. The predicted molar refractivity (Wildman–Crippen MR) is 112 cm³/mol. The van der Waals surface area contributed by atoms with Gasteiger partial charge < -0.3 is 0 Å². The van der Waals surface area contributed by atoms with Crippen molar-refractivity contribution in [3.63, 3.8) is 0 Å². The molecule has 1 aliphatic rings. The molecule has 3 rings (SSSR count). The number of fused-ring (bicyclic) bond motifs is 3. The normalized spacial score (nSPS) is 15.7. The van der Waals surface area contributed by atoms with Crippen molar-refractivity contribution in [2.45, 2.75) is 13.8 Å². The average molecular weight is 609 g/mol. The number of rotatable bonds is 2. The van der Waals surface area contributed by atoms with Gasteiger partial charge in [0, 0.05) is 0 Å². The molecule has 0 N–H and O–H groups in total. The van der Waals surface area contributed by atoms with E-state index < -0.39 is 53.2 Å². The van der Waals surface area contributed by atoms with Gasteiger partial charge in [0.05, 0.1) is 0 Å². The zero-order valence-electron chi connectivity index (χ0n) is 13.0. The number of carbonyl (C=O) groups is 2. The molecule has 5 nitrogen and oxygen atoms in total. The Hall–Kier alpha value is -0.620. The molecule has 0 amide bonds. The molecule has 0 bridgehead atoms. The average Bonchev–Trinajstić information content (AvgIpc) is 2.64. The first-order valence-corrected chi connectivity index (χ1v) is 13.4. The summed E-state index contributed by atoms with van der Waals surface area (Å²) in [7, 11) is 0. The van der Waals surface area contributed by atoms with Gasteiger partial charge in [-0.2, -0.15) is 0 Å².